The molecule has 0 saturated carbocycles. The van der Waals surface area contributed by atoms with Crippen molar-refractivity contribution < 1.29 is 4.92 Å². The fourth-order valence-electron chi connectivity index (χ4n) is 2.51. The number of nitro groups is 1. The standard InChI is InChI=1S/C16H13BrN2O2/c17-13-7-5-11(6-8-13)14(10-19(20)21)16-9-12-3-1-2-4-15(12)18-16/h1-9,14,18H,10H2. The minimum atomic E-state index is -0.277. The lowest BCUT2D eigenvalue weighted by Gasteiger charge is -2.12. The number of aromatic nitrogens is 1. The van der Waals surface area contributed by atoms with Crippen molar-refractivity contribution in [1.82, 2.24) is 4.98 Å². The summed E-state index contributed by atoms with van der Waals surface area (Å²) in [7, 11) is 0. The van der Waals surface area contributed by atoms with Gasteiger partial charge in [0.25, 0.3) is 0 Å². The molecule has 4 nitrogen and oxygen atoms in total. The van der Waals surface area contributed by atoms with Crippen LogP contribution in [0, 0.1) is 10.1 Å². The highest BCUT2D eigenvalue weighted by Gasteiger charge is 2.22. The van der Waals surface area contributed by atoms with Crippen molar-refractivity contribution in [3.05, 3.63) is 80.4 Å². The molecule has 0 aliphatic rings. The van der Waals surface area contributed by atoms with Crippen LogP contribution in [0.3, 0.4) is 0 Å². The third-order valence-electron chi connectivity index (χ3n) is 3.53. The summed E-state index contributed by atoms with van der Waals surface area (Å²) in [5, 5.41) is 12.1. The van der Waals surface area contributed by atoms with Gasteiger partial charge in [-0.1, -0.05) is 46.3 Å². The molecule has 5 heteroatoms. The van der Waals surface area contributed by atoms with Gasteiger partial charge in [0, 0.05) is 20.6 Å². The van der Waals surface area contributed by atoms with Gasteiger partial charge < -0.3 is 4.98 Å². The van der Waals surface area contributed by atoms with E-state index in [2.05, 4.69) is 20.9 Å². The van der Waals surface area contributed by atoms with Crippen molar-refractivity contribution in [3.63, 3.8) is 0 Å². The molecule has 3 aromatic rings. The third-order valence-corrected chi connectivity index (χ3v) is 4.06. The van der Waals surface area contributed by atoms with Gasteiger partial charge in [0.05, 0.1) is 5.92 Å². The van der Waals surface area contributed by atoms with Crippen molar-refractivity contribution in [2.45, 2.75) is 5.92 Å². The van der Waals surface area contributed by atoms with Gasteiger partial charge >= 0.3 is 0 Å². The van der Waals surface area contributed by atoms with Gasteiger partial charge in [-0.3, -0.25) is 10.1 Å². The summed E-state index contributed by atoms with van der Waals surface area (Å²) in [4.78, 5) is 14.1. The summed E-state index contributed by atoms with van der Waals surface area (Å²) < 4.78 is 0.961. The predicted molar refractivity (Wildman–Crippen MR) is 86.1 cm³/mol. The summed E-state index contributed by atoms with van der Waals surface area (Å²) >= 11 is 3.39. The van der Waals surface area contributed by atoms with Crippen LogP contribution in [-0.4, -0.2) is 16.5 Å². The van der Waals surface area contributed by atoms with Gasteiger partial charge in [-0.25, -0.2) is 0 Å². The van der Waals surface area contributed by atoms with Gasteiger partial charge in [-0.2, -0.15) is 0 Å². The van der Waals surface area contributed by atoms with Crippen molar-refractivity contribution >= 4 is 26.8 Å². The second-order valence-corrected chi connectivity index (χ2v) is 5.85. The van der Waals surface area contributed by atoms with E-state index in [-0.39, 0.29) is 17.4 Å². The molecule has 0 bridgehead atoms. The molecule has 21 heavy (non-hydrogen) atoms. The molecule has 1 N–H and O–H groups in total. The SMILES string of the molecule is O=[N+]([O-])CC(c1ccc(Br)cc1)c1cc2ccccc2[nH]1. The normalized spacial score (nSPS) is 12.4. The molecule has 0 spiro atoms. The number of fused-ring (bicyclic) bond motifs is 1. The van der Waals surface area contributed by atoms with Gasteiger partial charge in [-0.15, -0.1) is 0 Å². The van der Waals surface area contributed by atoms with E-state index in [1.165, 1.54) is 0 Å². The van der Waals surface area contributed by atoms with E-state index in [1.807, 2.05) is 54.6 Å². The first-order chi connectivity index (χ1) is 10.1. The van der Waals surface area contributed by atoms with E-state index >= 15 is 0 Å². The number of hydrogen-bond acceptors (Lipinski definition) is 2. The second kappa shape index (κ2) is 5.69. The number of hydrogen-bond donors (Lipinski definition) is 1. The number of rotatable bonds is 4. The van der Waals surface area contributed by atoms with E-state index in [0.29, 0.717) is 0 Å². The molecule has 1 atom stereocenters. The topological polar surface area (TPSA) is 58.9 Å². The highest BCUT2D eigenvalue weighted by atomic mass is 79.9. The Labute approximate surface area is 130 Å². The Hall–Kier alpha value is -2.14. The monoisotopic (exact) mass is 344 g/mol. The number of nitrogens with zero attached hydrogens (tertiary/aromatic N) is 1. The zero-order valence-corrected chi connectivity index (χ0v) is 12.7. The van der Waals surface area contributed by atoms with Crippen molar-refractivity contribution in [2.75, 3.05) is 6.54 Å². The lowest BCUT2D eigenvalue weighted by Crippen LogP contribution is -2.14. The molecule has 1 aromatic heterocycles. The molecule has 0 saturated heterocycles. The third kappa shape index (κ3) is 2.97. The van der Waals surface area contributed by atoms with Crippen LogP contribution < -0.4 is 0 Å². The van der Waals surface area contributed by atoms with Gasteiger partial charge in [0.2, 0.25) is 6.54 Å². The fraction of sp³-hybridized carbons (Fsp3) is 0.125. The second-order valence-electron chi connectivity index (χ2n) is 4.93. The van der Waals surface area contributed by atoms with Gasteiger partial charge in [-0.05, 0) is 35.2 Å². The fourth-order valence-corrected chi connectivity index (χ4v) is 2.78. The van der Waals surface area contributed by atoms with E-state index < -0.39 is 0 Å². The number of aromatic amines is 1. The molecule has 0 radical (unpaired) electrons. The quantitative estimate of drug-likeness (QED) is 0.565. The van der Waals surface area contributed by atoms with Crippen molar-refractivity contribution in [1.29, 1.82) is 0 Å². The summed E-state index contributed by atoms with van der Waals surface area (Å²) in [6.45, 7) is -0.131. The number of nitrogens with one attached hydrogen (secondary N) is 1. The summed E-state index contributed by atoms with van der Waals surface area (Å²) in [6.07, 6.45) is 0. The maximum Gasteiger partial charge on any atom is 0.216 e. The number of para-hydroxylation sites is 1. The Morgan fingerprint density at radius 3 is 2.52 bits per heavy atom. The first-order valence-corrected chi connectivity index (χ1v) is 7.38. The first kappa shape index (κ1) is 13.8. The average molecular weight is 345 g/mol. The van der Waals surface area contributed by atoms with E-state index in [1.54, 1.807) is 0 Å². The number of benzene rings is 2. The van der Waals surface area contributed by atoms with Crippen LogP contribution in [0.5, 0.6) is 0 Å². The van der Waals surface area contributed by atoms with Gasteiger partial charge in [0.1, 0.15) is 0 Å². The molecular formula is C16H13BrN2O2. The molecule has 1 unspecified atom stereocenters. The predicted octanol–water partition coefficient (Wildman–Crippen LogP) is 4.34. The molecule has 2 aromatic carbocycles. The highest BCUT2D eigenvalue weighted by Crippen LogP contribution is 2.28. The lowest BCUT2D eigenvalue weighted by atomic mass is 9.96. The minimum absolute atomic E-state index is 0.131. The van der Waals surface area contributed by atoms with Crippen LogP contribution in [-0.2, 0) is 0 Å². The summed E-state index contributed by atoms with van der Waals surface area (Å²) in [5.41, 5.74) is 2.80. The molecule has 0 fully saturated rings. The molecular weight excluding hydrogens is 332 g/mol. The Morgan fingerprint density at radius 2 is 1.86 bits per heavy atom. The van der Waals surface area contributed by atoms with Crippen molar-refractivity contribution in [3.8, 4) is 0 Å². The Balaban J connectivity index is 2.05. The summed E-state index contributed by atoms with van der Waals surface area (Å²) in [6, 6.07) is 17.5. The lowest BCUT2D eigenvalue weighted by molar-refractivity contribution is -0.481. The van der Waals surface area contributed by atoms with E-state index in [4.69, 9.17) is 0 Å². The molecule has 3 rings (SSSR count). The smallest absolute Gasteiger partial charge is 0.216 e. The minimum Gasteiger partial charge on any atom is -0.358 e. The van der Waals surface area contributed by atoms with Crippen LogP contribution in [0.15, 0.2) is 59.1 Å². The van der Waals surface area contributed by atoms with Crippen LogP contribution >= 0.6 is 15.9 Å². The highest BCUT2D eigenvalue weighted by molar-refractivity contribution is 9.10. The zero-order valence-electron chi connectivity index (χ0n) is 11.1. The Morgan fingerprint density at radius 1 is 1.14 bits per heavy atom. The number of H-pyrrole nitrogens is 1. The van der Waals surface area contributed by atoms with E-state index in [9.17, 15) is 10.1 Å². The van der Waals surface area contributed by atoms with Crippen LogP contribution in [0.25, 0.3) is 10.9 Å². The molecule has 0 amide bonds. The first-order valence-electron chi connectivity index (χ1n) is 6.58. The summed E-state index contributed by atoms with van der Waals surface area (Å²) in [5.74, 6) is -0.277. The zero-order chi connectivity index (χ0) is 14.8. The maximum atomic E-state index is 11.0. The number of halogens is 1. The Kier molecular flexibility index (Phi) is 3.75. The van der Waals surface area contributed by atoms with E-state index in [0.717, 1.165) is 26.6 Å². The van der Waals surface area contributed by atoms with Crippen LogP contribution in [0.1, 0.15) is 17.2 Å². The largest absolute Gasteiger partial charge is 0.358 e. The van der Waals surface area contributed by atoms with Gasteiger partial charge in [0.15, 0.2) is 0 Å². The maximum absolute atomic E-state index is 11.0. The molecule has 1 heterocycles. The Bertz CT molecular complexity index is 747. The molecule has 0 aliphatic carbocycles. The van der Waals surface area contributed by atoms with Crippen LogP contribution in [0.2, 0.25) is 0 Å². The van der Waals surface area contributed by atoms with Crippen molar-refractivity contribution in [2.24, 2.45) is 0 Å². The molecule has 106 valence electrons. The van der Waals surface area contributed by atoms with Crippen LogP contribution in [0.4, 0.5) is 0 Å². The molecule has 0 aliphatic heterocycles. The average Bonchev–Trinajstić information content (AvgIpc) is 2.89.